The van der Waals surface area contributed by atoms with E-state index in [0.29, 0.717) is 6.61 Å². The van der Waals surface area contributed by atoms with Crippen LogP contribution in [0.2, 0.25) is 0 Å². The van der Waals surface area contributed by atoms with Crippen molar-refractivity contribution in [3.8, 4) is 0 Å². The van der Waals surface area contributed by atoms with Crippen LogP contribution in [0.1, 0.15) is 6.92 Å². The van der Waals surface area contributed by atoms with Crippen molar-refractivity contribution in [3.05, 3.63) is 33.1 Å². The number of rotatable bonds is 5. The second kappa shape index (κ2) is 6.00. The first-order valence-corrected chi connectivity index (χ1v) is 5.11. The first-order valence-electron chi connectivity index (χ1n) is 5.11. The van der Waals surface area contributed by atoms with Gasteiger partial charge < -0.3 is 10.1 Å². The molecule has 94 valence electrons. The van der Waals surface area contributed by atoms with Gasteiger partial charge in [0.2, 0.25) is 5.91 Å². The van der Waals surface area contributed by atoms with Gasteiger partial charge in [0.25, 0.3) is 5.56 Å². The van der Waals surface area contributed by atoms with E-state index in [0.717, 1.165) is 4.57 Å². The predicted octanol–water partition coefficient (Wildman–Crippen LogP) is -1.31. The van der Waals surface area contributed by atoms with E-state index >= 15 is 0 Å². The number of aromatic nitrogens is 2. The molecule has 1 unspecified atom stereocenters. The van der Waals surface area contributed by atoms with Crippen molar-refractivity contribution < 1.29 is 9.53 Å². The van der Waals surface area contributed by atoms with Crippen LogP contribution in [0, 0.1) is 0 Å². The van der Waals surface area contributed by atoms with E-state index < -0.39 is 11.2 Å². The van der Waals surface area contributed by atoms with E-state index in [1.54, 1.807) is 6.92 Å². The van der Waals surface area contributed by atoms with E-state index in [2.05, 4.69) is 10.3 Å². The number of carbonyl (C=O) groups excluding carboxylic acids is 1. The van der Waals surface area contributed by atoms with E-state index in [1.165, 1.54) is 19.4 Å². The Kier molecular flexibility index (Phi) is 4.65. The van der Waals surface area contributed by atoms with Gasteiger partial charge in [-0.05, 0) is 6.92 Å². The molecule has 1 atom stereocenters. The Hall–Kier alpha value is -1.89. The molecule has 0 aliphatic rings. The summed E-state index contributed by atoms with van der Waals surface area (Å²) in [5.41, 5.74) is -1.09. The Morgan fingerprint density at radius 2 is 2.29 bits per heavy atom. The first kappa shape index (κ1) is 13.2. The molecule has 7 nitrogen and oxygen atoms in total. The molecule has 0 aliphatic heterocycles. The summed E-state index contributed by atoms with van der Waals surface area (Å²) in [6.45, 7) is 2.05. The number of carbonyl (C=O) groups is 1. The van der Waals surface area contributed by atoms with Gasteiger partial charge in [-0.2, -0.15) is 0 Å². The van der Waals surface area contributed by atoms with Crippen LogP contribution in [0.3, 0.4) is 0 Å². The van der Waals surface area contributed by atoms with E-state index in [9.17, 15) is 14.4 Å². The zero-order chi connectivity index (χ0) is 12.8. The number of nitrogens with zero attached hydrogens (tertiary/aromatic N) is 1. The van der Waals surface area contributed by atoms with Crippen molar-refractivity contribution in [2.24, 2.45) is 0 Å². The fourth-order valence-corrected chi connectivity index (χ4v) is 1.34. The van der Waals surface area contributed by atoms with Gasteiger partial charge in [-0.15, -0.1) is 0 Å². The molecule has 0 spiro atoms. The van der Waals surface area contributed by atoms with Crippen molar-refractivity contribution in [1.82, 2.24) is 14.9 Å². The van der Waals surface area contributed by atoms with Gasteiger partial charge in [0, 0.05) is 25.4 Å². The van der Waals surface area contributed by atoms with Gasteiger partial charge in [-0.1, -0.05) is 0 Å². The Morgan fingerprint density at radius 1 is 1.59 bits per heavy atom. The standard InChI is InChI=1S/C10H15N3O4/c1-7(6-17-2)11-9(15)5-13-4-3-8(14)12-10(13)16/h3-4,7H,5-6H2,1-2H3,(H,11,15)(H,12,14,16). The Bertz CT molecular complexity index is 491. The molecule has 17 heavy (non-hydrogen) atoms. The second-order valence-corrected chi connectivity index (χ2v) is 3.66. The molecule has 0 radical (unpaired) electrons. The number of H-pyrrole nitrogens is 1. The average Bonchev–Trinajstić information content (AvgIpc) is 2.22. The summed E-state index contributed by atoms with van der Waals surface area (Å²) in [4.78, 5) is 35.7. The largest absolute Gasteiger partial charge is 0.383 e. The maximum absolute atomic E-state index is 11.5. The number of hydrogen-bond acceptors (Lipinski definition) is 4. The van der Waals surface area contributed by atoms with Gasteiger partial charge in [-0.3, -0.25) is 19.1 Å². The fourth-order valence-electron chi connectivity index (χ4n) is 1.34. The van der Waals surface area contributed by atoms with Crippen LogP contribution < -0.4 is 16.6 Å². The number of methoxy groups -OCH3 is 1. The molecule has 0 saturated heterocycles. The molecule has 0 fully saturated rings. The third-order valence-corrected chi connectivity index (χ3v) is 2.03. The van der Waals surface area contributed by atoms with E-state index in [-0.39, 0.29) is 18.5 Å². The summed E-state index contributed by atoms with van der Waals surface area (Å²) in [5, 5.41) is 2.66. The summed E-state index contributed by atoms with van der Waals surface area (Å²) in [6, 6.07) is 1.05. The van der Waals surface area contributed by atoms with Crippen molar-refractivity contribution in [1.29, 1.82) is 0 Å². The SMILES string of the molecule is COCC(C)NC(=O)Cn1ccc(=O)[nH]c1=O. The summed E-state index contributed by atoms with van der Waals surface area (Å²) in [7, 11) is 1.54. The molecule has 1 amide bonds. The Morgan fingerprint density at radius 3 is 2.88 bits per heavy atom. The lowest BCUT2D eigenvalue weighted by atomic mass is 10.3. The third-order valence-electron chi connectivity index (χ3n) is 2.03. The molecular weight excluding hydrogens is 226 g/mol. The third kappa shape index (κ3) is 4.23. The number of aromatic amines is 1. The molecule has 1 rings (SSSR count). The van der Waals surface area contributed by atoms with Crippen LogP contribution in [0.25, 0.3) is 0 Å². The smallest absolute Gasteiger partial charge is 0.328 e. The molecule has 1 heterocycles. The van der Waals surface area contributed by atoms with Crippen LogP contribution >= 0.6 is 0 Å². The lowest BCUT2D eigenvalue weighted by Crippen LogP contribution is -2.40. The minimum atomic E-state index is -0.605. The van der Waals surface area contributed by atoms with Gasteiger partial charge >= 0.3 is 5.69 Å². The zero-order valence-electron chi connectivity index (χ0n) is 9.73. The van der Waals surface area contributed by atoms with Gasteiger partial charge in [0.05, 0.1) is 6.61 Å². The quantitative estimate of drug-likeness (QED) is 0.669. The summed E-state index contributed by atoms with van der Waals surface area (Å²) in [6.07, 6.45) is 1.28. The van der Waals surface area contributed by atoms with Crippen LogP contribution in [0.15, 0.2) is 21.9 Å². The van der Waals surface area contributed by atoms with Gasteiger partial charge in [0.1, 0.15) is 6.54 Å². The average molecular weight is 241 g/mol. The molecule has 7 heteroatoms. The van der Waals surface area contributed by atoms with Crippen molar-refractivity contribution in [3.63, 3.8) is 0 Å². The van der Waals surface area contributed by atoms with E-state index in [1.807, 2.05) is 0 Å². The number of amides is 1. The highest BCUT2D eigenvalue weighted by molar-refractivity contribution is 5.75. The van der Waals surface area contributed by atoms with Crippen LogP contribution in [-0.2, 0) is 16.1 Å². The first-order chi connectivity index (χ1) is 8.02. The molecular formula is C10H15N3O4. The highest BCUT2D eigenvalue weighted by Crippen LogP contribution is 1.84. The predicted molar refractivity (Wildman–Crippen MR) is 60.8 cm³/mol. The summed E-state index contributed by atoms with van der Waals surface area (Å²) >= 11 is 0. The van der Waals surface area contributed by atoms with Crippen molar-refractivity contribution in [2.75, 3.05) is 13.7 Å². The van der Waals surface area contributed by atoms with Crippen molar-refractivity contribution >= 4 is 5.91 Å². The van der Waals surface area contributed by atoms with Crippen LogP contribution in [0.4, 0.5) is 0 Å². The molecule has 2 N–H and O–H groups in total. The zero-order valence-corrected chi connectivity index (χ0v) is 9.73. The summed E-state index contributed by atoms with van der Waals surface area (Å²) < 4.78 is 5.98. The Labute approximate surface area is 97.4 Å². The highest BCUT2D eigenvalue weighted by Gasteiger charge is 2.08. The van der Waals surface area contributed by atoms with Gasteiger partial charge in [0.15, 0.2) is 0 Å². The number of hydrogen-bond donors (Lipinski definition) is 2. The normalized spacial score (nSPS) is 12.1. The van der Waals surface area contributed by atoms with Crippen LogP contribution in [-0.4, -0.2) is 35.2 Å². The monoisotopic (exact) mass is 241 g/mol. The van der Waals surface area contributed by atoms with Gasteiger partial charge in [-0.25, -0.2) is 4.79 Å². The number of nitrogens with one attached hydrogen (secondary N) is 2. The molecule has 0 aromatic carbocycles. The maximum atomic E-state index is 11.5. The van der Waals surface area contributed by atoms with Crippen LogP contribution in [0.5, 0.6) is 0 Å². The minimum Gasteiger partial charge on any atom is -0.383 e. The topological polar surface area (TPSA) is 93.2 Å². The molecule has 0 bridgehead atoms. The maximum Gasteiger partial charge on any atom is 0.328 e. The summed E-state index contributed by atoms with van der Waals surface area (Å²) in [5.74, 6) is -0.316. The molecule has 1 aromatic rings. The Balaban J connectivity index is 2.62. The van der Waals surface area contributed by atoms with Crippen molar-refractivity contribution in [2.45, 2.75) is 19.5 Å². The second-order valence-electron chi connectivity index (χ2n) is 3.66. The number of ether oxygens (including phenoxy) is 1. The minimum absolute atomic E-state index is 0.133. The van der Waals surface area contributed by atoms with E-state index in [4.69, 9.17) is 4.74 Å². The molecule has 0 saturated carbocycles. The lowest BCUT2D eigenvalue weighted by Gasteiger charge is -2.13. The lowest BCUT2D eigenvalue weighted by molar-refractivity contribution is -0.122. The highest BCUT2D eigenvalue weighted by atomic mass is 16.5. The molecule has 0 aliphatic carbocycles. The fraction of sp³-hybridized carbons (Fsp3) is 0.500. The molecule has 1 aromatic heterocycles.